The van der Waals surface area contributed by atoms with Gasteiger partial charge in [0.15, 0.2) is 11.5 Å². The molecule has 1 aromatic carbocycles. The van der Waals surface area contributed by atoms with Crippen molar-refractivity contribution in [2.75, 3.05) is 14.2 Å². The fourth-order valence-electron chi connectivity index (χ4n) is 1.40. The Bertz CT molecular complexity index is 390. The molecule has 0 radical (unpaired) electrons. The number of aromatic hydroxyl groups is 1. The van der Waals surface area contributed by atoms with Crippen molar-refractivity contribution in [3.05, 3.63) is 17.4 Å². The number of hydrogen-bond acceptors (Lipinski definition) is 4. The summed E-state index contributed by atoms with van der Waals surface area (Å²) in [5.41, 5.74) is 0.322. The van der Waals surface area contributed by atoms with E-state index in [0.29, 0.717) is 11.8 Å². The minimum atomic E-state index is -0.872. The largest absolute Gasteiger partial charge is 0.505 e. The molecule has 1 rings (SSSR count). The summed E-state index contributed by atoms with van der Waals surface area (Å²) in [6, 6.07) is 1.46. The van der Waals surface area contributed by atoms with E-state index in [4.69, 9.17) is 9.47 Å². The molecule has 0 fully saturated rings. The van der Waals surface area contributed by atoms with E-state index in [2.05, 4.69) is 0 Å². The van der Waals surface area contributed by atoms with Gasteiger partial charge in [-0.05, 0) is 12.5 Å². The van der Waals surface area contributed by atoms with Crippen LogP contribution in [0.15, 0.2) is 6.07 Å². The highest BCUT2D eigenvalue weighted by Gasteiger charge is 2.18. The summed E-state index contributed by atoms with van der Waals surface area (Å²) in [6.07, 6.45) is 1.17. The lowest BCUT2D eigenvalue weighted by molar-refractivity contribution is -0.107. The number of rotatable bonds is 5. The molecule has 0 aliphatic heterocycles. The predicted octanol–water partition coefficient (Wildman–Crippen LogP) is 1.68. The molecule has 88 valence electrons. The first-order valence-corrected chi connectivity index (χ1v) is 4.71. The van der Waals surface area contributed by atoms with E-state index < -0.39 is 11.6 Å². The van der Waals surface area contributed by atoms with Crippen LogP contribution >= 0.6 is 0 Å². The van der Waals surface area contributed by atoms with Crippen LogP contribution in [0.5, 0.6) is 17.2 Å². The Morgan fingerprint density at radius 1 is 1.44 bits per heavy atom. The second-order valence-corrected chi connectivity index (χ2v) is 3.14. The third-order valence-electron chi connectivity index (χ3n) is 2.20. The lowest BCUT2D eigenvalue weighted by Gasteiger charge is -2.12. The first-order chi connectivity index (χ1) is 7.65. The molecule has 0 atom stereocenters. The van der Waals surface area contributed by atoms with Gasteiger partial charge in [0, 0.05) is 12.0 Å². The van der Waals surface area contributed by atoms with Gasteiger partial charge in [0.2, 0.25) is 11.6 Å². The average molecular weight is 228 g/mol. The summed E-state index contributed by atoms with van der Waals surface area (Å²) >= 11 is 0. The van der Waals surface area contributed by atoms with Crippen LogP contribution < -0.4 is 9.47 Å². The topological polar surface area (TPSA) is 55.8 Å². The molecular formula is C11H13FO4. The van der Waals surface area contributed by atoms with Crippen molar-refractivity contribution in [1.29, 1.82) is 0 Å². The standard InChI is InChI=1S/C11H13FO4/c1-15-8-6-7(4-3-5-13)10(14)9(12)11(8)16-2/h5-6,14H,3-4H2,1-2H3. The van der Waals surface area contributed by atoms with E-state index in [-0.39, 0.29) is 24.3 Å². The molecule has 1 aromatic rings. The number of halogens is 1. The normalized spacial score (nSPS) is 9.94. The van der Waals surface area contributed by atoms with Gasteiger partial charge < -0.3 is 19.4 Å². The number of aryl methyl sites for hydroxylation is 1. The number of benzene rings is 1. The Morgan fingerprint density at radius 3 is 2.62 bits per heavy atom. The van der Waals surface area contributed by atoms with Gasteiger partial charge in [0.25, 0.3) is 0 Å². The highest BCUT2D eigenvalue weighted by atomic mass is 19.1. The van der Waals surface area contributed by atoms with Crippen molar-refractivity contribution in [3.8, 4) is 17.2 Å². The maximum absolute atomic E-state index is 13.6. The van der Waals surface area contributed by atoms with Crippen molar-refractivity contribution in [2.45, 2.75) is 12.8 Å². The number of phenolic OH excluding ortho intramolecular Hbond substituents is 1. The van der Waals surface area contributed by atoms with Crippen LogP contribution in [0.1, 0.15) is 12.0 Å². The van der Waals surface area contributed by atoms with Gasteiger partial charge in [-0.1, -0.05) is 0 Å². The average Bonchev–Trinajstić information content (AvgIpc) is 2.30. The lowest BCUT2D eigenvalue weighted by Crippen LogP contribution is -1.98. The zero-order valence-electron chi connectivity index (χ0n) is 9.12. The highest BCUT2D eigenvalue weighted by Crippen LogP contribution is 2.38. The number of carbonyl (C=O) groups is 1. The Kier molecular flexibility index (Phi) is 4.10. The molecule has 0 bridgehead atoms. The second-order valence-electron chi connectivity index (χ2n) is 3.14. The third-order valence-corrected chi connectivity index (χ3v) is 2.20. The summed E-state index contributed by atoms with van der Waals surface area (Å²) in [7, 11) is 2.66. The van der Waals surface area contributed by atoms with Crippen LogP contribution in [0.25, 0.3) is 0 Å². The molecule has 0 aliphatic rings. The number of hydrogen-bond donors (Lipinski definition) is 1. The van der Waals surface area contributed by atoms with Crippen LogP contribution in [-0.4, -0.2) is 25.6 Å². The Hall–Kier alpha value is -1.78. The SMILES string of the molecule is COc1cc(CCC=O)c(O)c(F)c1OC. The van der Waals surface area contributed by atoms with Crippen LogP contribution in [0, 0.1) is 5.82 Å². The summed E-state index contributed by atoms with van der Waals surface area (Å²) < 4.78 is 23.3. The molecule has 0 aliphatic carbocycles. The van der Waals surface area contributed by atoms with Crippen LogP contribution in [0.3, 0.4) is 0 Å². The molecule has 5 heteroatoms. The van der Waals surface area contributed by atoms with Gasteiger partial charge in [0.05, 0.1) is 14.2 Å². The molecule has 0 unspecified atom stereocenters. The monoisotopic (exact) mass is 228 g/mol. The quantitative estimate of drug-likeness (QED) is 0.779. The molecule has 0 heterocycles. The minimum absolute atomic E-state index is 0.144. The molecule has 0 spiro atoms. The molecule has 4 nitrogen and oxygen atoms in total. The first-order valence-electron chi connectivity index (χ1n) is 4.71. The van der Waals surface area contributed by atoms with Gasteiger partial charge in [0.1, 0.15) is 6.29 Å². The first kappa shape index (κ1) is 12.3. The molecule has 0 saturated heterocycles. The van der Waals surface area contributed by atoms with Gasteiger partial charge in [-0.25, -0.2) is 0 Å². The second kappa shape index (κ2) is 5.34. The fraction of sp³-hybridized carbons (Fsp3) is 0.364. The maximum Gasteiger partial charge on any atom is 0.210 e. The van der Waals surface area contributed by atoms with E-state index >= 15 is 0 Å². The summed E-state index contributed by atoms with van der Waals surface area (Å²) in [5, 5.41) is 9.53. The van der Waals surface area contributed by atoms with E-state index in [1.807, 2.05) is 0 Å². The molecule has 0 aromatic heterocycles. The molecular weight excluding hydrogens is 215 g/mol. The van der Waals surface area contributed by atoms with E-state index in [0.717, 1.165) is 0 Å². The summed E-state index contributed by atoms with van der Waals surface area (Å²) in [4.78, 5) is 10.2. The number of aldehydes is 1. The molecule has 16 heavy (non-hydrogen) atoms. The van der Waals surface area contributed by atoms with Crippen molar-refractivity contribution in [3.63, 3.8) is 0 Å². The van der Waals surface area contributed by atoms with E-state index in [1.54, 1.807) is 0 Å². The van der Waals surface area contributed by atoms with Gasteiger partial charge >= 0.3 is 0 Å². The van der Waals surface area contributed by atoms with Gasteiger partial charge in [-0.2, -0.15) is 4.39 Å². The highest BCUT2D eigenvalue weighted by molar-refractivity contribution is 5.54. The lowest BCUT2D eigenvalue weighted by atomic mass is 10.1. The van der Waals surface area contributed by atoms with Crippen LogP contribution in [0.2, 0.25) is 0 Å². The van der Waals surface area contributed by atoms with Crippen LogP contribution in [0.4, 0.5) is 4.39 Å². The van der Waals surface area contributed by atoms with Gasteiger partial charge in [-0.15, -0.1) is 0 Å². The predicted molar refractivity (Wildman–Crippen MR) is 55.6 cm³/mol. The Labute approximate surface area is 92.6 Å². The zero-order chi connectivity index (χ0) is 12.1. The smallest absolute Gasteiger partial charge is 0.210 e. The van der Waals surface area contributed by atoms with Crippen molar-refractivity contribution >= 4 is 6.29 Å². The summed E-state index contributed by atoms with van der Waals surface area (Å²) in [5.74, 6) is -1.32. The zero-order valence-corrected chi connectivity index (χ0v) is 9.12. The summed E-state index contributed by atoms with van der Waals surface area (Å²) in [6.45, 7) is 0. The van der Waals surface area contributed by atoms with Crippen molar-refractivity contribution in [2.24, 2.45) is 0 Å². The Balaban J connectivity index is 3.21. The minimum Gasteiger partial charge on any atom is -0.505 e. The van der Waals surface area contributed by atoms with Crippen molar-refractivity contribution < 1.29 is 23.8 Å². The molecule has 1 N–H and O–H groups in total. The number of ether oxygens (including phenoxy) is 2. The van der Waals surface area contributed by atoms with E-state index in [1.165, 1.54) is 20.3 Å². The van der Waals surface area contributed by atoms with Crippen molar-refractivity contribution in [1.82, 2.24) is 0 Å². The Morgan fingerprint density at radius 2 is 2.12 bits per heavy atom. The molecule has 0 amide bonds. The van der Waals surface area contributed by atoms with Gasteiger partial charge in [-0.3, -0.25) is 0 Å². The maximum atomic E-state index is 13.6. The fourth-order valence-corrected chi connectivity index (χ4v) is 1.40. The van der Waals surface area contributed by atoms with E-state index in [9.17, 15) is 14.3 Å². The number of methoxy groups -OCH3 is 2. The number of carbonyl (C=O) groups excluding carboxylic acids is 1. The molecule has 0 saturated carbocycles. The third kappa shape index (κ3) is 2.24. The number of phenols is 1. The van der Waals surface area contributed by atoms with Crippen LogP contribution in [-0.2, 0) is 11.2 Å².